The van der Waals surface area contributed by atoms with Crippen LogP contribution in [0.1, 0.15) is 38.5 Å². The third-order valence-corrected chi connectivity index (χ3v) is 3.54. The van der Waals surface area contributed by atoms with Crippen LogP contribution in [0.3, 0.4) is 0 Å². The first-order valence-electron chi connectivity index (χ1n) is 5.62. The molecule has 0 aromatic carbocycles. The molecule has 2 nitrogen and oxygen atoms in total. The summed E-state index contributed by atoms with van der Waals surface area (Å²) in [4.78, 5) is 0. The van der Waals surface area contributed by atoms with Gasteiger partial charge in [-0.2, -0.15) is 0 Å². The molecule has 0 radical (unpaired) electrons. The first kappa shape index (κ1) is 9.47. The third-order valence-electron chi connectivity index (χ3n) is 3.54. The first-order valence-corrected chi connectivity index (χ1v) is 5.62. The smallest absolute Gasteiger partial charge is 0.0612 e. The zero-order chi connectivity index (χ0) is 9.10. The molecule has 2 heteroatoms. The lowest BCUT2D eigenvalue weighted by Gasteiger charge is -2.29. The van der Waals surface area contributed by atoms with E-state index in [0.29, 0.717) is 5.92 Å². The summed E-state index contributed by atoms with van der Waals surface area (Å²) in [7, 11) is 0. The molecule has 0 aromatic heterocycles. The Morgan fingerprint density at radius 1 is 1.15 bits per heavy atom. The molecule has 2 rings (SSSR count). The average molecular weight is 184 g/mol. The van der Waals surface area contributed by atoms with Gasteiger partial charge in [0, 0.05) is 12.5 Å². The van der Waals surface area contributed by atoms with Gasteiger partial charge in [0.2, 0.25) is 0 Å². The lowest BCUT2D eigenvalue weighted by atomic mass is 9.87. The number of aliphatic hydroxyl groups excluding tert-OH is 1. The molecule has 13 heavy (non-hydrogen) atoms. The molecule has 1 aliphatic heterocycles. The van der Waals surface area contributed by atoms with Crippen molar-refractivity contribution in [1.82, 2.24) is 0 Å². The van der Waals surface area contributed by atoms with Crippen LogP contribution in [-0.4, -0.2) is 24.4 Å². The van der Waals surface area contributed by atoms with E-state index >= 15 is 0 Å². The fraction of sp³-hybridized carbons (Fsp3) is 1.00. The van der Waals surface area contributed by atoms with Gasteiger partial charge in [0.15, 0.2) is 0 Å². The monoisotopic (exact) mass is 184 g/mol. The van der Waals surface area contributed by atoms with Crippen LogP contribution < -0.4 is 0 Å². The Balaban J connectivity index is 1.78. The van der Waals surface area contributed by atoms with Gasteiger partial charge < -0.3 is 9.84 Å². The Morgan fingerprint density at radius 3 is 2.62 bits per heavy atom. The summed E-state index contributed by atoms with van der Waals surface area (Å²) < 4.78 is 5.40. The lowest BCUT2D eigenvalue weighted by Crippen LogP contribution is -2.32. The first-order chi connectivity index (χ1) is 6.36. The Kier molecular flexibility index (Phi) is 3.23. The third kappa shape index (κ3) is 2.44. The highest BCUT2D eigenvalue weighted by molar-refractivity contribution is 4.78. The largest absolute Gasteiger partial charge is 0.393 e. The summed E-state index contributed by atoms with van der Waals surface area (Å²) in [5.74, 6) is 1.30. The van der Waals surface area contributed by atoms with Crippen LogP contribution in [0.4, 0.5) is 0 Å². The molecule has 76 valence electrons. The van der Waals surface area contributed by atoms with Gasteiger partial charge in [-0.05, 0) is 18.8 Å². The van der Waals surface area contributed by atoms with E-state index in [1.807, 2.05) is 0 Å². The Hall–Kier alpha value is -0.0800. The molecule has 0 bridgehead atoms. The van der Waals surface area contributed by atoms with Crippen molar-refractivity contribution in [2.75, 3.05) is 13.2 Å². The van der Waals surface area contributed by atoms with Gasteiger partial charge in [-0.15, -0.1) is 0 Å². The van der Waals surface area contributed by atoms with Crippen molar-refractivity contribution in [3.8, 4) is 0 Å². The Labute approximate surface area is 80.3 Å². The minimum atomic E-state index is -0.0886. The van der Waals surface area contributed by atoms with Crippen LogP contribution in [0.2, 0.25) is 0 Å². The van der Waals surface area contributed by atoms with E-state index in [0.717, 1.165) is 25.6 Å². The van der Waals surface area contributed by atoms with Gasteiger partial charge >= 0.3 is 0 Å². The van der Waals surface area contributed by atoms with Crippen molar-refractivity contribution in [3.63, 3.8) is 0 Å². The summed E-state index contributed by atoms with van der Waals surface area (Å²) in [5.41, 5.74) is 0. The highest BCUT2D eigenvalue weighted by atomic mass is 16.5. The maximum absolute atomic E-state index is 9.75. The van der Waals surface area contributed by atoms with Crippen LogP contribution in [0.25, 0.3) is 0 Å². The SMILES string of the molecule is OC1CCOCC1CC1CCCC1. The maximum atomic E-state index is 9.75. The molecule has 2 aliphatic rings. The average Bonchev–Trinajstić information content (AvgIpc) is 2.61. The van der Waals surface area contributed by atoms with E-state index in [-0.39, 0.29) is 6.10 Å². The fourth-order valence-corrected chi connectivity index (χ4v) is 2.68. The molecule has 0 aromatic rings. The van der Waals surface area contributed by atoms with E-state index in [9.17, 15) is 5.11 Å². The van der Waals surface area contributed by atoms with Gasteiger partial charge in [0.05, 0.1) is 12.7 Å². The molecule has 1 saturated carbocycles. The van der Waals surface area contributed by atoms with Gasteiger partial charge in [0.1, 0.15) is 0 Å². The van der Waals surface area contributed by atoms with Crippen molar-refractivity contribution in [2.45, 2.75) is 44.6 Å². The zero-order valence-electron chi connectivity index (χ0n) is 8.24. The quantitative estimate of drug-likeness (QED) is 0.711. The number of aliphatic hydroxyl groups is 1. The Bertz CT molecular complexity index is 152. The molecule has 1 heterocycles. The molecule has 0 amide bonds. The topological polar surface area (TPSA) is 29.5 Å². The summed E-state index contributed by atoms with van der Waals surface area (Å²) in [5, 5.41) is 9.75. The number of ether oxygens (including phenoxy) is 1. The van der Waals surface area contributed by atoms with Crippen molar-refractivity contribution in [1.29, 1.82) is 0 Å². The van der Waals surface area contributed by atoms with Crippen molar-refractivity contribution < 1.29 is 9.84 Å². The van der Waals surface area contributed by atoms with E-state index in [4.69, 9.17) is 4.74 Å². The normalized spacial score (nSPS) is 36.7. The molecular weight excluding hydrogens is 164 g/mol. The second kappa shape index (κ2) is 4.43. The summed E-state index contributed by atoms with van der Waals surface area (Å²) >= 11 is 0. The van der Waals surface area contributed by atoms with E-state index in [1.54, 1.807) is 0 Å². The number of hydrogen-bond acceptors (Lipinski definition) is 2. The van der Waals surface area contributed by atoms with Gasteiger partial charge in [-0.1, -0.05) is 25.7 Å². The van der Waals surface area contributed by atoms with Gasteiger partial charge in [-0.25, -0.2) is 0 Å². The van der Waals surface area contributed by atoms with Gasteiger partial charge in [-0.3, -0.25) is 0 Å². The molecule has 1 saturated heterocycles. The molecule has 0 spiro atoms. The van der Waals surface area contributed by atoms with Crippen LogP contribution in [0.15, 0.2) is 0 Å². The molecule has 1 aliphatic carbocycles. The van der Waals surface area contributed by atoms with Crippen molar-refractivity contribution >= 4 is 0 Å². The highest BCUT2D eigenvalue weighted by Crippen LogP contribution is 2.32. The molecule has 2 unspecified atom stereocenters. The van der Waals surface area contributed by atoms with Crippen LogP contribution in [0, 0.1) is 11.8 Å². The van der Waals surface area contributed by atoms with Crippen LogP contribution in [0.5, 0.6) is 0 Å². The predicted molar refractivity (Wildman–Crippen MR) is 51.5 cm³/mol. The number of rotatable bonds is 2. The van der Waals surface area contributed by atoms with E-state index < -0.39 is 0 Å². The highest BCUT2D eigenvalue weighted by Gasteiger charge is 2.27. The van der Waals surface area contributed by atoms with Gasteiger partial charge in [0.25, 0.3) is 0 Å². The predicted octanol–water partition coefficient (Wildman–Crippen LogP) is 1.96. The Morgan fingerprint density at radius 2 is 1.92 bits per heavy atom. The molecule has 2 atom stereocenters. The van der Waals surface area contributed by atoms with Crippen LogP contribution >= 0.6 is 0 Å². The zero-order valence-corrected chi connectivity index (χ0v) is 8.24. The number of hydrogen-bond donors (Lipinski definition) is 1. The molecule has 1 N–H and O–H groups in total. The molecule has 2 fully saturated rings. The summed E-state index contributed by atoms with van der Waals surface area (Å²) in [6, 6.07) is 0. The minimum absolute atomic E-state index is 0.0886. The second-order valence-corrected chi connectivity index (χ2v) is 4.58. The van der Waals surface area contributed by atoms with E-state index in [2.05, 4.69) is 0 Å². The second-order valence-electron chi connectivity index (χ2n) is 4.58. The maximum Gasteiger partial charge on any atom is 0.0612 e. The molecular formula is C11H20O2. The van der Waals surface area contributed by atoms with E-state index in [1.165, 1.54) is 32.1 Å². The summed E-state index contributed by atoms with van der Waals surface area (Å²) in [6.07, 6.45) is 7.50. The van der Waals surface area contributed by atoms with Crippen LogP contribution in [-0.2, 0) is 4.74 Å². The minimum Gasteiger partial charge on any atom is -0.393 e. The van der Waals surface area contributed by atoms with Crippen molar-refractivity contribution in [2.24, 2.45) is 11.8 Å². The van der Waals surface area contributed by atoms with Crippen molar-refractivity contribution in [3.05, 3.63) is 0 Å². The lowest BCUT2D eigenvalue weighted by molar-refractivity contribution is -0.0433. The summed E-state index contributed by atoms with van der Waals surface area (Å²) in [6.45, 7) is 1.54. The standard InChI is InChI=1S/C11H20O2/c12-11-5-6-13-8-10(11)7-9-3-1-2-4-9/h9-12H,1-8H2. The fourth-order valence-electron chi connectivity index (χ4n) is 2.68.